The Hall–Kier alpha value is -5.29. The Kier molecular flexibility index (Phi) is 15.8. The van der Waals surface area contributed by atoms with E-state index in [0.717, 1.165) is 33.9 Å². The van der Waals surface area contributed by atoms with Crippen LogP contribution in [0.1, 0.15) is 63.6 Å². The lowest BCUT2D eigenvalue weighted by molar-refractivity contribution is -0.148. The van der Waals surface area contributed by atoms with Crippen LogP contribution in [-0.4, -0.2) is 64.8 Å². The molecule has 4 aromatic rings. The summed E-state index contributed by atoms with van der Waals surface area (Å²) in [4.78, 5) is 58.1. The molecule has 0 bridgehead atoms. The first-order valence-electron chi connectivity index (χ1n) is 18.3. The summed E-state index contributed by atoms with van der Waals surface area (Å²) in [5.74, 6) is -1.45. The summed E-state index contributed by atoms with van der Waals surface area (Å²) in [5.41, 5.74) is 2.34. The van der Waals surface area contributed by atoms with Crippen molar-refractivity contribution in [1.82, 2.24) is 20.9 Å². The van der Waals surface area contributed by atoms with E-state index in [-0.39, 0.29) is 44.3 Å². The Balaban J connectivity index is 1.56. The van der Waals surface area contributed by atoms with Gasteiger partial charge in [-0.1, -0.05) is 107 Å². The molecule has 11 nitrogen and oxygen atoms in total. The normalized spacial score (nSPS) is 14.0. The van der Waals surface area contributed by atoms with Crippen molar-refractivity contribution in [1.29, 1.82) is 0 Å². The predicted molar refractivity (Wildman–Crippen MR) is 203 cm³/mol. The quantitative estimate of drug-likeness (QED) is 0.0902. The van der Waals surface area contributed by atoms with Gasteiger partial charge in [-0.2, -0.15) is 0 Å². The van der Waals surface area contributed by atoms with Crippen molar-refractivity contribution >= 4 is 34.6 Å². The van der Waals surface area contributed by atoms with Gasteiger partial charge in [-0.15, -0.1) is 0 Å². The summed E-state index contributed by atoms with van der Waals surface area (Å²) in [7, 11) is 0. The van der Waals surface area contributed by atoms with Gasteiger partial charge in [-0.05, 0) is 57.9 Å². The number of fused-ring (bicyclic) bond motifs is 1. The molecule has 2 unspecified atom stereocenters. The average molecular weight is 725 g/mol. The maximum Gasteiger partial charge on any atom is 0.408 e. The van der Waals surface area contributed by atoms with Crippen LogP contribution in [0.25, 0.3) is 10.8 Å². The number of rotatable bonds is 19. The summed E-state index contributed by atoms with van der Waals surface area (Å²) in [6, 6.07) is 23.2. The molecule has 0 radical (unpaired) electrons. The van der Waals surface area contributed by atoms with Crippen molar-refractivity contribution in [3.8, 4) is 0 Å². The van der Waals surface area contributed by atoms with Crippen LogP contribution in [-0.2, 0) is 43.3 Å². The van der Waals surface area contributed by atoms with Crippen LogP contribution in [0.2, 0.25) is 0 Å². The van der Waals surface area contributed by atoms with Gasteiger partial charge < -0.3 is 30.5 Å². The standard InChI is InChI=1S/C42H52N4O7/c1-5-29(4)26-52-39(48)25-38(47)35(22-28(2)3)44-40(49)36(23-30-18-20-43-21-19-30)45-41(50)37(46-42(51)53-27-31-12-7-6-8-13-31)24-33-16-11-15-32-14-9-10-17-34(32)33/h6-21,28-29,35-38,47H,5,22-27H2,1-4H3,(H,44,49)(H,45,50)(H,46,51)/t29?,35-,36?,37-,38-/m0/s1. The number of aliphatic hydroxyl groups excluding tert-OH is 1. The van der Waals surface area contributed by atoms with Crippen molar-refractivity contribution in [3.05, 3.63) is 114 Å². The fourth-order valence-electron chi connectivity index (χ4n) is 5.87. The van der Waals surface area contributed by atoms with Crippen molar-refractivity contribution < 1.29 is 33.8 Å². The van der Waals surface area contributed by atoms with E-state index in [1.807, 2.05) is 100 Å². The van der Waals surface area contributed by atoms with E-state index in [0.29, 0.717) is 6.42 Å². The molecule has 3 aromatic carbocycles. The number of alkyl carbamates (subject to hydrolysis) is 1. The summed E-state index contributed by atoms with van der Waals surface area (Å²) < 4.78 is 10.8. The molecule has 4 rings (SSSR count). The number of amides is 3. The van der Waals surface area contributed by atoms with Crippen LogP contribution < -0.4 is 16.0 Å². The number of ether oxygens (including phenoxy) is 2. The highest BCUT2D eigenvalue weighted by molar-refractivity contribution is 5.93. The molecule has 0 aliphatic carbocycles. The molecular formula is C42H52N4O7. The van der Waals surface area contributed by atoms with Gasteiger partial charge in [0, 0.05) is 25.2 Å². The molecule has 1 heterocycles. The van der Waals surface area contributed by atoms with Crippen molar-refractivity contribution in [2.75, 3.05) is 6.61 Å². The molecule has 0 spiro atoms. The second-order valence-electron chi connectivity index (χ2n) is 13.9. The number of aliphatic hydroxyl groups is 1. The molecule has 0 aliphatic rings. The molecule has 3 amide bonds. The number of nitrogens with zero attached hydrogens (tertiary/aromatic N) is 1. The zero-order valence-electron chi connectivity index (χ0n) is 31.0. The number of nitrogens with one attached hydrogen (secondary N) is 3. The third kappa shape index (κ3) is 13.3. The fourth-order valence-corrected chi connectivity index (χ4v) is 5.87. The zero-order chi connectivity index (χ0) is 38.2. The molecule has 0 saturated heterocycles. The van der Waals surface area contributed by atoms with Crippen LogP contribution in [0, 0.1) is 11.8 Å². The molecular weight excluding hydrogens is 672 g/mol. The second-order valence-corrected chi connectivity index (χ2v) is 13.9. The molecule has 282 valence electrons. The molecule has 11 heteroatoms. The lowest BCUT2D eigenvalue weighted by Crippen LogP contribution is -2.57. The Morgan fingerprint density at radius 3 is 2.11 bits per heavy atom. The Labute approximate surface area is 311 Å². The number of benzene rings is 3. The van der Waals surface area contributed by atoms with Crippen LogP contribution >= 0.6 is 0 Å². The lowest BCUT2D eigenvalue weighted by Gasteiger charge is -2.29. The first-order chi connectivity index (χ1) is 25.5. The number of carbonyl (C=O) groups is 4. The molecule has 0 fully saturated rings. The topological polar surface area (TPSA) is 156 Å². The summed E-state index contributed by atoms with van der Waals surface area (Å²) >= 11 is 0. The zero-order valence-corrected chi connectivity index (χ0v) is 31.0. The minimum atomic E-state index is -1.22. The van der Waals surface area contributed by atoms with E-state index >= 15 is 0 Å². The van der Waals surface area contributed by atoms with E-state index in [1.54, 1.807) is 24.5 Å². The fraction of sp³-hybridized carbons (Fsp3) is 0.405. The van der Waals surface area contributed by atoms with Gasteiger partial charge in [0.25, 0.3) is 0 Å². The molecule has 1 aromatic heterocycles. The summed E-state index contributed by atoms with van der Waals surface area (Å²) in [5, 5.41) is 21.6. The first kappa shape index (κ1) is 40.5. The number of esters is 1. The number of aromatic nitrogens is 1. The summed E-state index contributed by atoms with van der Waals surface area (Å²) in [6.45, 7) is 8.12. The SMILES string of the molecule is CCC(C)COC(=O)C[C@H](O)[C@H](CC(C)C)NC(=O)C(Cc1ccncc1)NC(=O)[C@H](Cc1cccc2ccccc12)NC(=O)OCc1ccccc1. The number of pyridine rings is 1. The smallest absolute Gasteiger partial charge is 0.408 e. The van der Waals surface area contributed by atoms with Crippen LogP contribution in [0.15, 0.2) is 97.3 Å². The van der Waals surface area contributed by atoms with Crippen LogP contribution in [0.5, 0.6) is 0 Å². The highest BCUT2D eigenvalue weighted by Crippen LogP contribution is 2.20. The molecule has 53 heavy (non-hydrogen) atoms. The molecule has 4 N–H and O–H groups in total. The first-order valence-corrected chi connectivity index (χ1v) is 18.3. The average Bonchev–Trinajstić information content (AvgIpc) is 3.16. The van der Waals surface area contributed by atoms with Crippen LogP contribution in [0.3, 0.4) is 0 Å². The van der Waals surface area contributed by atoms with E-state index in [9.17, 15) is 24.3 Å². The Morgan fingerprint density at radius 2 is 1.40 bits per heavy atom. The summed E-state index contributed by atoms with van der Waals surface area (Å²) in [6.07, 6.45) is 2.32. The highest BCUT2D eigenvalue weighted by atomic mass is 16.5. The van der Waals surface area contributed by atoms with Gasteiger partial charge in [-0.3, -0.25) is 19.4 Å². The minimum absolute atomic E-state index is 0.00704. The van der Waals surface area contributed by atoms with E-state index in [4.69, 9.17) is 9.47 Å². The van der Waals surface area contributed by atoms with Gasteiger partial charge >= 0.3 is 12.1 Å². The minimum Gasteiger partial charge on any atom is -0.465 e. The predicted octanol–water partition coefficient (Wildman–Crippen LogP) is 5.67. The number of hydrogen-bond donors (Lipinski definition) is 4. The number of hydrogen-bond acceptors (Lipinski definition) is 8. The maximum absolute atomic E-state index is 14.2. The van der Waals surface area contributed by atoms with Crippen molar-refractivity contribution in [2.45, 2.75) is 90.6 Å². The largest absolute Gasteiger partial charge is 0.465 e. The van der Waals surface area contributed by atoms with Gasteiger partial charge in [0.15, 0.2) is 0 Å². The van der Waals surface area contributed by atoms with Gasteiger partial charge in [0.1, 0.15) is 18.7 Å². The Morgan fingerprint density at radius 1 is 0.736 bits per heavy atom. The van der Waals surface area contributed by atoms with E-state index in [1.165, 1.54) is 0 Å². The van der Waals surface area contributed by atoms with Gasteiger partial charge in [-0.25, -0.2) is 4.79 Å². The Bertz CT molecular complexity index is 1760. The lowest BCUT2D eigenvalue weighted by atomic mass is 9.96. The van der Waals surface area contributed by atoms with Crippen molar-refractivity contribution in [3.63, 3.8) is 0 Å². The molecule has 0 saturated carbocycles. The third-order valence-corrected chi connectivity index (χ3v) is 9.07. The van der Waals surface area contributed by atoms with E-state index in [2.05, 4.69) is 20.9 Å². The maximum atomic E-state index is 14.2. The third-order valence-electron chi connectivity index (χ3n) is 9.07. The second kappa shape index (κ2) is 20.7. The van der Waals surface area contributed by atoms with Crippen molar-refractivity contribution in [2.24, 2.45) is 11.8 Å². The monoisotopic (exact) mass is 724 g/mol. The number of carbonyl (C=O) groups excluding carboxylic acids is 4. The highest BCUT2D eigenvalue weighted by Gasteiger charge is 2.32. The van der Waals surface area contributed by atoms with E-state index < -0.39 is 48.1 Å². The molecule has 5 atom stereocenters. The molecule has 0 aliphatic heterocycles. The van der Waals surface area contributed by atoms with Gasteiger partial charge in [0.05, 0.1) is 25.2 Å². The van der Waals surface area contributed by atoms with Gasteiger partial charge in [0.2, 0.25) is 11.8 Å². The van der Waals surface area contributed by atoms with Crippen LogP contribution in [0.4, 0.5) is 4.79 Å².